The minimum atomic E-state index is -0.502. The van der Waals surface area contributed by atoms with Gasteiger partial charge in [0, 0.05) is 12.7 Å². The Morgan fingerprint density at radius 3 is 2.73 bits per heavy atom. The van der Waals surface area contributed by atoms with Crippen LogP contribution in [0.2, 0.25) is 0 Å². The van der Waals surface area contributed by atoms with Crippen LogP contribution in [0, 0.1) is 0 Å². The third kappa shape index (κ3) is 1.32. The number of aromatic nitrogens is 1. The lowest BCUT2D eigenvalue weighted by atomic mass is 10.1. The molecular weight excluding hydrogens is 196 g/mol. The molecule has 1 heterocycles. The van der Waals surface area contributed by atoms with Gasteiger partial charge in [0.25, 0.3) is 0 Å². The van der Waals surface area contributed by atoms with Gasteiger partial charge in [-0.25, -0.2) is 4.79 Å². The Labute approximate surface area is 85.1 Å². The molecule has 0 unspecified atom stereocenters. The van der Waals surface area contributed by atoms with E-state index in [0.717, 1.165) is 0 Å². The van der Waals surface area contributed by atoms with Gasteiger partial charge in [-0.15, -0.1) is 0 Å². The summed E-state index contributed by atoms with van der Waals surface area (Å²) in [6.07, 6.45) is 0. The van der Waals surface area contributed by atoms with Crippen molar-refractivity contribution in [3.63, 3.8) is 0 Å². The highest BCUT2D eigenvalue weighted by Gasteiger charge is 2.14. The first-order valence-electron chi connectivity index (χ1n) is 4.40. The fourth-order valence-electron chi connectivity index (χ4n) is 1.51. The van der Waals surface area contributed by atoms with Crippen molar-refractivity contribution < 1.29 is 9.21 Å². The van der Waals surface area contributed by atoms with E-state index in [-0.39, 0.29) is 5.78 Å². The topological polar surface area (TPSA) is 78.2 Å². The zero-order chi connectivity index (χ0) is 11.2. The molecule has 1 aromatic heterocycles. The highest BCUT2D eigenvalue weighted by molar-refractivity contribution is 6.05. The second-order valence-electron chi connectivity index (χ2n) is 3.40. The van der Waals surface area contributed by atoms with E-state index in [1.165, 1.54) is 17.6 Å². The van der Waals surface area contributed by atoms with Crippen molar-refractivity contribution in [1.82, 2.24) is 4.57 Å². The predicted molar refractivity (Wildman–Crippen MR) is 55.9 cm³/mol. The number of carbonyl (C=O) groups is 1. The van der Waals surface area contributed by atoms with Crippen molar-refractivity contribution in [2.45, 2.75) is 6.92 Å². The summed E-state index contributed by atoms with van der Waals surface area (Å²) in [5.41, 5.74) is 7.23. The summed E-state index contributed by atoms with van der Waals surface area (Å²) in [5, 5.41) is 0. The van der Waals surface area contributed by atoms with Crippen molar-refractivity contribution >= 4 is 22.6 Å². The van der Waals surface area contributed by atoms with Crippen LogP contribution in [0.5, 0.6) is 0 Å². The van der Waals surface area contributed by atoms with Crippen molar-refractivity contribution in [2.24, 2.45) is 7.05 Å². The first-order valence-corrected chi connectivity index (χ1v) is 4.40. The third-order valence-corrected chi connectivity index (χ3v) is 2.30. The number of nitrogen functional groups attached to an aromatic ring is 1. The third-order valence-electron chi connectivity index (χ3n) is 2.30. The summed E-state index contributed by atoms with van der Waals surface area (Å²) in [6.45, 7) is 1.40. The number of Topliss-reactive ketones (excluding diaryl/α,β-unsaturated/α-hetero) is 1. The molecular formula is C10H10N2O3. The SMILES string of the molecule is CC(=O)c1cc(N)cc2c1oc(=O)n2C. The number of rotatable bonds is 1. The maximum absolute atomic E-state index is 11.3. The molecule has 5 nitrogen and oxygen atoms in total. The summed E-state index contributed by atoms with van der Waals surface area (Å²) in [4.78, 5) is 22.6. The molecule has 1 aromatic carbocycles. The molecule has 0 saturated heterocycles. The molecule has 78 valence electrons. The first kappa shape index (κ1) is 9.51. The van der Waals surface area contributed by atoms with Crippen LogP contribution in [0.15, 0.2) is 21.3 Å². The van der Waals surface area contributed by atoms with Gasteiger partial charge in [0.2, 0.25) is 0 Å². The number of carbonyl (C=O) groups excluding carboxylic acids is 1. The van der Waals surface area contributed by atoms with Crippen LogP contribution in [0.1, 0.15) is 17.3 Å². The highest BCUT2D eigenvalue weighted by Crippen LogP contribution is 2.21. The lowest BCUT2D eigenvalue weighted by molar-refractivity contribution is 0.101. The molecule has 2 rings (SSSR count). The predicted octanol–water partition coefficient (Wildman–Crippen LogP) is 0.916. The summed E-state index contributed by atoms with van der Waals surface area (Å²) >= 11 is 0. The minimum Gasteiger partial charge on any atom is -0.407 e. The molecule has 5 heteroatoms. The number of nitrogens with two attached hydrogens (primary N) is 1. The van der Waals surface area contributed by atoms with Crippen LogP contribution < -0.4 is 11.5 Å². The quantitative estimate of drug-likeness (QED) is 0.555. The summed E-state index contributed by atoms with van der Waals surface area (Å²) < 4.78 is 6.29. The second-order valence-corrected chi connectivity index (χ2v) is 3.40. The van der Waals surface area contributed by atoms with Crippen LogP contribution in [0.25, 0.3) is 11.1 Å². The molecule has 0 saturated carbocycles. The van der Waals surface area contributed by atoms with Gasteiger partial charge in [-0.1, -0.05) is 0 Å². The number of anilines is 1. The first-order chi connectivity index (χ1) is 7.00. The van der Waals surface area contributed by atoms with Crippen molar-refractivity contribution in [2.75, 3.05) is 5.73 Å². The number of ketones is 1. The normalized spacial score (nSPS) is 10.8. The smallest absolute Gasteiger partial charge is 0.407 e. The molecule has 15 heavy (non-hydrogen) atoms. The zero-order valence-electron chi connectivity index (χ0n) is 8.40. The molecule has 0 aliphatic rings. The van der Waals surface area contributed by atoms with Crippen LogP contribution in [0.3, 0.4) is 0 Å². The van der Waals surface area contributed by atoms with E-state index in [9.17, 15) is 9.59 Å². The van der Waals surface area contributed by atoms with Gasteiger partial charge in [-0.2, -0.15) is 0 Å². The molecule has 0 fully saturated rings. The summed E-state index contributed by atoms with van der Waals surface area (Å²) in [6, 6.07) is 3.11. The Morgan fingerprint density at radius 2 is 2.13 bits per heavy atom. The van der Waals surface area contributed by atoms with E-state index < -0.39 is 5.76 Å². The van der Waals surface area contributed by atoms with E-state index in [4.69, 9.17) is 10.2 Å². The Hall–Kier alpha value is -2.04. The number of aryl methyl sites for hydroxylation is 1. The molecule has 0 bridgehead atoms. The molecule has 0 atom stereocenters. The number of hydrogen-bond donors (Lipinski definition) is 1. The van der Waals surface area contributed by atoms with E-state index in [0.29, 0.717) is 22.4 Å². The van der Waals surface area contributed by atoms with E-state index in [1.807, 2.05) is 0 Å². The molecule has 0 aliphatic carbocycles. The average molecular weight is 206 g/mol. The zero-order valence-corrected chi connectivity index (χ0v) is 8.40. The largest absolute Gasteiger partial charge is 0.419 e. The Kier molecular flexibility index (Phi) is 1.89. The molecule has 2 N–H and O–H groups in total. The van der Waals surface area contributed by atoms with E-state index in [2.05, 4.69) is 0 Å². The molecule has 0 spiro atoms. The van der Waals surface area contributed by atoms with Gasteiger partial charge in [0.1, 0.15) is 0 Å². The maximum atomic E-state index is 11.3. The molecule has 0 amide bonds. The molecule has 2 aromatic rings. The highest BCUT2D eigenvalue weighted by atomic mass is 16.4. The van der Waals surface area contributed by atoms with E-state index >= 15 is 0 Å². The van der Waals surface area contributed by atoms with Crippen LogP contribution in [0.4, 0.5) is 5.69 Å². The van der Waals surface area contributed by atoms with Gasteiger partial charge >= 0.3 is 5.76 Å². The van der Waals surface area contributed by atoms with E-state index in [1.54, 1.807) is 13.1 Å². The summed E-state index contributed by atoms with van der Waals surface area (Å²) in [5.74, 6) is -0.681. The Balaban J connectivity index is 2.99. The minimum absolute atomic E-state index is 0.179. The van der Waals surface area contributed by atoms with Gasteiger partial charge in [0.05, 0.1) is 11.1 Å². The van der Waals surface area contributed by atoms with Crippen LogP contribution in [-0.4, -0.2) is 10.4 Å². The van der Waals surface area contributed by atoms with Gasteiger partial charge in [-0.3, -0.25) is 9.36 Å². The van der Waals surface area contributed by atoms with Gasteiger partial charge in [0.15, 0.2) is 11.4 Å². The Bertz CT molecular complexity index is 607. The average Bonchev–Trinajstić information content (AvgIpc) is 2.43. The van der Waals surface area contributed by atoms with Crippen molar-refractivity contribution in [3.05, 3.63) is 28.2 Å². The number of fused-ring (bicyclic) bond motifs is 1. The summed E-state index contributed by atoms with van der Waals surface area (Å²) in [7, 11) is 1.57. The maximum Gasteiger partial charge on any atom is 0.419 e. The second kappa shape index (κ2) is 2.98. The molecule has 0 radical (unpaired) electrons. The monoisotopic (exact) mass is 206 g/mol. The number of oxazole rings is 1. The fourth-order valence-corrected chi connectivity index (χ4v) is 1.51. The Morgan fingerprint density at radius 1 is 1.47 bits per heavy atom. The van der Waals surface area contributed by atoms with Crippen molar-refractivity contribution in [1.29, 1.82) is 0 Å². The van der Waals surface area contributed by atoms with Crippen molar-refractivity contribution in [3.8, 4) is 0 Å². The van der Waals surface area contributed by atoms with Crippen LogP contribution >= 0.6 is 0 Å². The van der Waals surface area contributed by atoms with Gasteiger partial charge < -0.3 is 10.2 Å². The number of hydrogen-bond acceptors (Lipinski definition) is 4. The van der Waals surface area contributed by atoms with Crippen LogP contribution in [-0.2, 0) is 7.05 Å². The number of nitrogens with zero attached hydrogens (tertiary/aromatic N) is 1. The lowest BCUT2D eigenvalue weighted by Gasteiger charge is -1.99. The standard InChI is InChI=1S/C10H10N2O3/c1-5(13)7-3-6(11)4-8-9(7)15-10(14)12(8)2/h3-4H,11H2,1-2H3. The van der Waals surface area contributed by atoms with Gasteiger partial charge in [-0.05, 0) is 19.1 Å². The lowest BCUT2D eigenvalue weighted by Crippen LogP contribution is -2.08. The fraction of sp³-hybridized carbons (Fsp3) is 0.200. The number of benzene rings is 1. The molecule has 0 aliphatic heterocycles.